The van der Waals surface area contributed by atoms with Crippen LogP contribution in [0, 0.1) is 6.92 Å². The largest absolute Gasteiger partial charge is 0.379 e. The molecule has 0 aliphatic rings. The van der Waals surface area contributed by atoms with Crippen LogP contribution in [0.4, 0.5) is 0 Å². The molecular formula is C12H18NO. The highest BCUT2D eigenvalue weighted by Gasteiger charge is 2.03. The lowest BCUT2D eigenvalue weighted by atomic mass is 10.1. The molecule has 1 unspecified atom stereocenters. The number of hydrogen-bond donors (Lipinski definition) is 2. The van der Waals surface area contributed by atoms with Gasteiger partial charge >= 0.3 is 0 Å². The molecule has 0 spiro atoms. The van der Waals surface area contributed by atoms with E-state index in [9.17, 15) is 0 Å². The van der Waals surface area contributed by atoms with Gasteiger partial charge in [0, 0.05) is 6.04 Å². The Hall–Kier alpha value is -0.860. The second kappa shape index (κ2) is 5.78. The minimum atomic E-state index is -0.666. The van der Waals surface area contributed by atoms with E-state index in [-0.39, 0.29) is 0 Å². The first-order valence-corrected chi connectivity index (χ1v) is 4.99. The summed E-state index contributed by atoms with van der Waals surface area (Å²) in [4.78, 5) is 0. The fraction of sp³-hybridized carbons (Fsp3) is 0.417. The molecule has 0 saturated carbocycles. The Kier molecular flexibility index (Phi) is 4.63. The van der Waals surface area contributed by atoms with Crippen molar-refractivity contribution < 1.29 is 5.11 Å². The van der Waals surface area contributed by atoms with Crippen molar-refractivity contribution in [1.82, 2.24) is 5.32 Å². The molecule has 1 rings (SSSR count). The van der Waals surface area contributed by atoms with E-state index >= 15 is 0 Å². The Morgan fingerprint density at radius 3 is 2.57 bits per heavy atom. The van der Waals surface area contributed by atoms with Gasteiger partial charge in [-0.2, -0.15) is 0 Å². The van der Waals surface area contributed by atoms with Gasteiger partial charge in [-0.1, -0.05) is 30.3 Å². The number of aliphatic hydroxyl groups excluding tert-OH is 1. The van der Waals surface area contributed by atoms with Crippen LogP contribution in [-0.2, 0) is 6.42 Å². The smallest absolute Gasteiger partial charge is 0.105 e. The normalized spacial score (nSPS) is 15.1. The highest BCUT2D eigenvalue weighted by atomic mass is 16.3. The zero-order valence-electron chi connectivity index (χ0n) is 8.61. The number of nitrogens with one attached hydrogen (secondary N) is 1. The maximum absolute atomic E-state index is 9.00. The monoisotopic (exact) mass is 192 g/mol. The summed E-state index contributed by atoms with van der Waals surface area (Å²) in [5.41, 5.74) is 1.33. The predicted molar refractivity (Wildman–Crippen MR) is 58.7 cm³/mol. The zero-order chi connectivity index (χ0) is 10.4. The summed E-state index contributed by atoms with van der Waals surface area (Å²) in [6, 6.07) is 10.6. The van der Waals surface area contributed by atoms with E-state index < -0.39 is 6.23 Å². The van der Waals surface area contributed by atoms with Crippen molar-refractivity contribution >= 4 is 0 Å². The maximum Gasteiger partial charge on any atom is 0.105 e. The topological polar surface area (TPSA) is 32.3 Å². The fourth-order valence-electron chi connectivity index (χ4n) is 1.44. The molecule has 0 bridgehead atoms. The lowest BCUT2D eigenvalue weighted by molar-refractivity contribution is 0.166. The Bertz CT molecular complexity index is 246. The van der Waals surface area contributed by atoms with Crippen LogP contribution in [0.2, 0.25) is 0 Å². The minimum absolute atomic E-state index is 0.294. The summed E-state index contributed by atoms with van der Waals surface area (Å²) < 4.78 is 0. The average molecular weight is 192 g/mol. The molecule has 0 fully saturated rings. The van der Waals surface area contributed by atoms with Gasteiger partial charge in [0.15, 0.2) is 0 Å². The van der Waals surface area contributed by atoms with Crippen LogP contribution >= 0.6 is 0 Å². The lowest BCUT2D eigenvalue weighted by Crippen LogP contribution is -2.34. The molecule has 0 aliphatic carbocycles. The summed E-state index contributed by atoms with van der Waals surface area (Å²) >= 11 is 0. The molecule has 2 heteroatoms. The summed E-state index contributed by atoms with van der Waals surface area (Å²) in [6.45, 7) is 5.53. The third kappa shape index (κ3) is 4.40. The van der Waals surface area contributed by atoms with Crippen LogP contribution in [0.5, 0.6) is 0 Å². The first-order valence-electron chi connectivity index (χ1n) is 4.99. The second-order valence-corrected chi connectivity index (χ2v) is 3.61. The maximum atomic E-state index is 9.00. The molecule has 0 aromatic heterocycles. The van der Waals surface area contributed by atoms with Gasteiger partial charge in [0.1, 0.15) is 6.23 Å². The van der Waals surface area contributed by atoms with Crippen LogP contribution in [-0.4, -0.2) is 17.4 Å². The summed E-state index contributed by atoms with van der Waals surface area (Å²) in [5, 5.41) is 12.0. The van der Waals surface area contributed by atoms with Crippen molar-refractivity contribution in [1.29, 1.82) is 0 Å². The van der Waals surface area contributed by atoms with Gasteiger partial charge in [0.2, 0.25) is 0 Å². The van der Waals surface area contributed by atoms with Gasteiger partial charge < -0.3 is 5.11 Å². The number of rotatable bonds is 5. The van der Waals surface area contributed by atoms with Crippen LogP contribution in [0.1, 0.15) is 18.9 Å². The van der Waals surface area contributed by atoms with Crippen molar-refractivity contribution in [3.05, 3.63) is 42.8 Å². The van der Waals surface area contributed by atoms with Crippen molar-refractivity contribution in [3.8, 4) is 0 Å². The van der Waals surface area contributed by atoms with Gasteiger partial charge in [-0.05, 0) is 32.3 Å². The van der Waals surface area contributed by atoms with E-state index in [1.807, 2.05) is 18.2 Å². The summed E-state index contributed by atoms with van der Waals surface area (Å²) in [7, 11) is 0. The molecule has 1 aromatic carbocycles. The van der Waals surface area contributed by atoms with Crippen LogP contribution in [0.3, 0.4) is 0 Å². The quantitative estimate of drug-likeness (QED) is 0.697. The van der Waals surface area contributed by atoms with Gasteiger partial charge in [0.25, 0.3) is 0 Å². The summed E-state index contributed by atoms with van der Waals surface area (Å²) in [6.07, 6.45) is 1.37. The third-order valence-corrected chi connectivity index (χ3v) is 2.19. The van der Waals surface area contributed by atoms with Crippen molar-refractivity contribution in [3.63, 3.8) is 0 Å². The molecule has 2 nitrogen and oxygen atoms in total. The highest BCUT2D eigenvalue weighted by molar-refractivity contribution is 5.14. The van der Waals surface area contributed by atoms with Crippen molar-refractivity contribution in [2.24, 2.45) is 0 Å². The molecule has 2 atom stereocenters. The molecule has 2 N–H and O–H groups in total. The Labute approximate surface area is 86.0 Å². The molecule has 0 saturated heterocycles. The van der Waals surface area contributed by atoms with E-state index in [1.165, 1.54) is 5.56 Å². The Morgan fingerprint density at radius 1 is 1.36 bits per heavy atom. The van der Waals surface area contributed by atoms with Crippen LogP contribution in [0.15, 0.2) is 30.3 Å². The van der Waals surface area contributed by atoms with Crippen molar-refractivity contribution in [2.45, 2.75) is 32.0 Å². The third-order valence-electron chi connectivity index (χ3n) is 2.19. The first kappa shape index (κ1) is 11.2. The predicted octanol–water partition coefficient (Wildman–Crippen LogP) is 1.75. The molecule has 1 radical (unpaired) electrons. The molecule has 14 heavy (non-hydrogen) atoms. The van der Waals surface area contributed by atoms with Crippen molar-refractivity contribution in [2.75, 3.05) is 0 Å². The number of benzene rings is 1. The Balaban J connectivity index is 2.27. The first-order chi connectivity index (χ1) is 6.68. The van der Waals surface area contributed by atoms with Crippen LogP contribution < -0.4 is 5.32 Å². The zero-order valence-corrected chi connectivity index (χ0v) is 8.61. The molecule has 0 aliphatic heterocycles. The Morgan fingerprint density at radius 2 is 2.00 bits per heavy atom. The van der Waals surface area contributed by atoms with Gasteiger partial charge in [0.05, 0.1) is 0 Å². The van der Waals surface area contributed by atoms with E-state index in [2.05, 4.69) is 31.3 Å². The summed E-state index contributed by atoms with van der Waals surface area (Å²) in [5.74, 6) is 0. The minimum Gasteiger partial charge on any atom is -0.379 e. The average Bonchev–Trinajstić information content (AvgIpc) is 2.15. The van der Waals surface area contributed by atoms with Gasteiger partial charge in [-0.3, -0.25) is 5.32 Å². The van der Waals surface area contributed by atoms with E-state index in [4.69, 9.17) is 5.11 Å². The van der Waals surface area contributed by atoms with Gasteiger partial charge in [-0.15, -0.1) is 0 Å². The standard InChI is InChI=1S/C12H18NO/c1-10(13-11(2)14)8-9-12-6-4-3-5-7-12/h3-7,10-11,13-14H,2,8-9H2,1H3/t10-,11?/m1/s1. The highest BCUT2D eigenvalue weighted by Crippen LogP contribution is 2.04. The molecular weight excluding hydrogens is 174 g/mol. The number of hydrogen-bond acceptors (Lipinski definition) is 2. The molecule has 1 aromatic rings. The van der Waals surface area contributed by atoms with E-state index in [0.29, 0.717) is 6.04 Å². The fourth-order valence-corrected chi connectivity index (χ4v) is 1.44. The number of aliphatic hydroxyl groups is 1. The second-order valence-electron chi connectivity index (χ2n) is 3.61. The molecule has 0 amide bonds. The van der Waals surface area contributed by atoms with E-state index in [0.717, 1.165) is 12.8 Å². The van der Waals surface area contributed by atoms with E-state index in [1.54, 1.807) is 0 Å². The number of aryl methyl sites for hydroxylation is 1. The van der Waals surface area contributed by atoms with Crippen LogP contribution in [0.25, 0.3) is 0 Å². The van der Waals surface area contributed by atoms with Gasteiger partial charge in [-0.25, -0.2) is 0 Å². The lowest BCUT2D eigenvalue weighted by Gasteiger charge is -2.15. The molecule has 77 valence electrons. The SMILES string of the molecule is [CH2]C(O)N[C@H](C)CCc1ccccc1. The molecule has 0 heterocycles.